The number of hydrogen-bond donors (Lipinski definition) is 3. The van der Waals surface area contributed by atoms with E-state index in [9.17, 15) is 24.0 Å². The number of ether oxygens (including phenoxy) is 1. The average molecular weight is 575 g/mol. The van der Waals surface area contributed by atoms with Crippen molar-refractivity contribution < 1.29 is 28.7 Å². The number of nitrogens with zero attached hydrogens (tertiary/aromatic N) is 3. The van der Waals surface area contributed by atoms with Crippen LogP contribution < -0.4 is 15.4 Å². The predicted octanol–water partition coefficient (Wildman–Crippen LogP) is 0.534. The standard InChI is InChI=1S/C30H34N6O6/c1-34-15-26(32-18-37)30(41)35(2)16-28(39)36-14-21(12-22(36)17-42-23-7-5-6-19(10-23)29(34)40)33-27(38)11-20-13-31-25-9-4-3-8-24(20)25/h3-10,13,18,21-22,26,31H,11-12,14-17H2,1-2H3,(H,32,37)(H,33,38)/t21-,22-,26-/m0/s1. The molecule has 0 radical (unpaired) electrons. The minimum Gasteiger partial charge on any atom is -0.491 e. The molecule has 5 rings (SSSR count). The highest BCUT2D eigenvalue weighted by molar-refractivity contribution is 5.95. The molecule has 5 amide bonds. The third kappa shape index (κ3) is 6.22. The topological polar surface area (TPSA) is 144 Å². The van der Waals surface area contributed by atoms with Crippen molar-refractivity contribution in [2.75, 3.05) is 40.3 Å². The van der Waals surface area contributed by atoms with Gasteiger partial charge in [-0.3, -0.25) is 24.0 Å². The van der Waals surface area contributed by atoms with Crippen LogP contribution in [0.25, 0.3) is 10.9 Å². The highest BCUT2D eigenvalue weighted by Gasteiger charge is 2.38. The molecule has 3 atom stereocenters. The molecule has 1 saturated heterocycles. The van der Waals surface area contributed by atoms with E-state index in [2.05, 4.69) is 15.6 Å². The molecule has 1 fully saturated rings. The molecular weight excluding hydrogens is 540 g/mol. The summed E-state index contributed by atoms with van der Waals surface area (Å²) in [5.74, 6) is -0.870. The van der Waals surface area contributed by atoms with Gasteiger partial charge < -0.3 is 35.1 Å². The van der Waals surface area contributed by atoms with Crippen LogP contribution in [0.3, 0.4) is 0 Å². The summed E-state index contributed by atoms with van der Waals surface area (Å²) in [5, 5.41) is 6.51. The van der Waals surface area contributed by atoms with Gasteiger partial charge >= 0.3 is 0 Å². The van der Waals surface area contributed by atoms with Crippen molar-refractivity contribution in [2.24, 2.45) is 0 Å². The van der Waals surface area contributed by atoms with E-state index >= 15 is 0 Å². The molecule has 42 heavy (non-hydrogen) atoms. The molecule has 2 bridgehead atoms. The molecule has 2 aliphatic rings. The fourth-order valence-corrected chi connectivity index (χ4v) is 5.62. The lowest BCUT2D eigenvalue weighted by molar-refractivity contribution is -0.141. The molecule has 2 aromatic carbocycles. The number of H-pyrrole nitrogens is 1. The molecule has 0 aliphatic carbocycles. The second-order valence-electron chi connectivity index (χ2n) is 10.8. The van der Waals surface area contributed by atoms with Crippen LogP contribution in [0.2, 0.25) is 0 Å². The molecule has 12 heteroatoms. The molecule has 2 aliphatic heterocycles. The van der Waals surface area contributed by atoms with Gasteiger partial charge in [0.1, 0.15) is 18.4 Å². The number of likely N-dealkylation sites (N-methyl/N-ethyl adjacent to an activating group) is 2. The Balaban J connectivity index is 1.35. The predicted molar refractivity (Wildman–Crippen MR) is 154 cm³/mol. The van der Waals surface area contributed by atoms with Crippen LogP contribution in [-0.2, 0) is 25.6 Å². The van der Waals surface area contributed by atoms with Crippen LogP contribution in [0.5, 0.6) is 5.75 Å². The number of amides is 5. The second kappa shape index (κ2) is 12.3. The Morgan fingerprint density at radius 1 is 1.07 bits per heavy atom. The van der Waals surface area contributed by atoms with Crippen LogP contribution in [0, 0.1) is 0 Å². The number of aromatic nitrogens is 1. The van der Waals surface area contributed by atoms with Crippen molar-refractivity contribution in [1.82, 2.24) is 30.3 Å². The van der Waals surface area contributed by atoms with E-state index in [0.29, 0.717) is 24.1 Å². The first kappa shape index (κ1) is 28.7. The van der Waals surface area contributed by atoms with E-state index in [4.69, 9.17) is 4.74 Å². The van der Waals surface area contributed by atoms with Gasteiger partial charge in [0.15, 0.2) is 0 Å². The lowest BCUT2D eigenvalue weighted by Crippen LogP contribution is -2.53. The van der Waals surface area contributed by atoms with Crippen molar-refractivity contribution in [1.29, 1.82) is 0 Å². The Hall–Kier alpha value is -4.87. The third-order valence-electron chi connectivity index (χ3n) is 7.77. The van der Waals surface area contributed by atoms with Gasteiger partial charge in [0.05, 0.1) is 19.0 Å². The van der Waals surface area contributed by atoms with E-state index in [1.807, 2.05) is 30.5 Å². The third-order valence-corrected chi connectivity index (χ3v) is 7.77. The number of para-hydroxylation sites is 1. The molecule has 3 heterocycles. The largest absolute Gasteiger partial charge is 0.491 e. The summed E-state index contributed by atoms with van der Waals surface area (Å²) >= 11 is 0. The lowest BCUT2D eigenvalue weighted by Gasteiger charge is -2.29. The fourth-order valence-electron chi connectivity index (χ4n) is 5.62. The Labute approximate surface area is 243 Å². The minimum atomic E-state index is -1.04. The zero-order valence-corrected chi connectivity index (χ0v) is 23.5. The van der Waals surface area contributed by atoms with E-state index < -0.39 is 11.9 Å². The van der Waals surface area contributed by atoms with Crippen LogP contribution >= 0.6 is 0 Å². The monoisotopic (exact) mass is 574 g/mol. The van der Waals surface area contributed by atoms with Gasteiger partial charge in [-0.15, -0.1) is 0 Å². The van der Waals surface area contributed by atoms with Crippen LogP contribution in [0.1, 0.15) is 22.3 Å². The summed E-state index contributed by atoms with van der Waals surface area (Å²) in [6.07, 6.45) is 2.88. The Bertz CT molecular complexity index is 1500. The number of fused-ring (bicyclic) bond motifs is 4. The summed E-state index contributed by atoms with van der Waals surface area (Å²) in [7, 11) is 3.01. The Morgan fingerprint density at radius 3 is 2.69 bits per heavy atom. The highest BCUT2D eigenvalue weighted by atomic mass is 16.5. The Morgan fingerprint density at radius 2 is 1.88 bits per heavy atom. The quantitative estimate of drug-likeness (QED) is 0.380. The van der Waals surface area contributed by atoms with Gasteiger partial charge in [-0.1, -0.05) is 24.3 Å². The van der Waals surface area contributed by atoms with Gasteiger partial charge in [-0.2, -0.15) is 0 Å². The number of hydrogen-bond acceptors (Lipinski definition) is 6. The molecule has 220 valence electrons. The fraction of sp³-hybridized carbons (Fsp3) is 0.367. The normalized spacial score (nSPS) is 21.8. The number of carbonyl (C=O) groups excluding carboxylic acids is 5. The first-order valence-corrected chi connectivity index (χ1v) is 13.8. The van der Waals surface area contributed by atoms with Crippen LogP contribution in [-0.4, -0.2) is 108 Å². The molecule has 3 N–H and O–H groups in total. The van der Waals surface area contributed by atoms with E-state index in [1.165, 1.54) is 23.9 Å². The van der Waals surface area contributed by atoms with Gasteiger partial charge in [0, 0.05) is 55.9 Å². The maximum absolute atomic E-state index is 13.5. The summed E-state index contributed by atoms with van der Waals surface area (Å²) in [4.78, 5) is 71.4. The van der Waals surface area contributed by atoms with E-state index in [-0.39, 0.29) is 62.5 Å². The minimum absolute atomic E-state index is 0.0864. The molecule has 3 aromatic rings. The summed E-state index contributed by atoms with van der Waals surface area (Å²) in [6, 6.07) is 12.7. The Kier molecular flexibility index (Phi) is 8.41. The van der Waals surface area contributed by atoms with Crippen molar-refractivity contribution >= 4 is 40.9 Å². The van der Waals surface area contributed by atoms with Crippen LogP contribution in [0.4, 0.5) is 0 Å². The van der Waals surface area contributed by atoms with Crippen LogP contribution in [0.15, 0.2) is 54.7 Å². The number of nitrogens with one attached hydrogen (secondary N) is 3. The molecule has 1 aromatic heterocycles. The van der Waals surface area contributed by atoms with E-state index in [0.717, 1.165) is 16.5 Å². The number of aromatic amines is 1. The summed E-state index contributed by atoms with van der Waals surface area (Å²) < 4.78 is 6.04. The first-order chi connectivity index (χ1) is 20.2. The number of benzene rings is 2. The van der Waals surface area contributed by atoms with Gasteiger partial charge in [0.25, 0.3) is 5.91 Å². The van der Waals surface area contributed by atoms with Crippen molar-refractivity contribution in [3.63, 3.8) is 0 Å². The molecule has 0 unspecified atom stereocenters. The molecule has 12 nitrogen and oxygen atoms in total. The molecular formula is C30H34N6O6. The smallest absolute Gasteiger partial charge is 0.253 e. The van der Waals surface area contributed by atoms with E-state index in [1.54, 1.807) is 29.2 Å². The number of rotatable bonds is 5. The average Bonchev–Trinajstić information content (AvgIpc) is 3.58. The summed E-state index contributed by atoms with van der Waals surface area (Å²) in [5.41, 5.74) is 2.20. The van der Waals surface area contributed by atoms with Gasteiger partial charge in [-0.25, -0.2) is 0 Å². The van der Waals surface area contributed by atoms with Crippen molar-refractivity contribution in [3.8, 4) is 5.75 Å². The van der Waals surface area contributed by atoms with Gasteiger partial charge in [0.2, 0.25) is 24.1 Å². The van der Waals surface area contributed by atoms with Crippen molar-refractivity contribution in [3.05, 3.63) is 65.9 Å². The zero-order chi connectivity index (χ0) is 29.8. The lowest BCUT2D eigenvalue weighted by atomic mass is 10.1. The maximum atomic E-state index is 13.5. The highest BCUT2D eigenvalue weighted by Crippen LogP contribution is 2.23. The van der Waals surface area contributed by atoms with Crippen molar-refractivity contribution in [2.45, 2.75) is 31.0 Å². The second-order valence-corrected chi connectivity index (χ2v) is 10.8. The van der Waals surface area contributed by atoms with Gasteiger partial charge in [-0.05, 0) is 36.2 Å². The summed E-state index contributed by atoms with van der Waals surface area (Å²) in [6.45, 7) is 0.0670. The number of carbonyl (C=O) groups is 5. The maximum Gasteiger partial charge on any atom is 0.253 e. The first-order valence-electron chi connectivity index (χ1n) is 13.8. The molecule has 0 saturated carbocycles. The SMILES string of the molecule is CN1C[C@H](NC=O)C(=O)N(C)CC(=O)N2C[C@@H](NC(=O)Cc3c[nH]c4ccccc34)C[C@H]2COc2cccc(c2)C1=O. The zero-order valence-electron chi connectivity index (χ0n) is 23.5. The molecule has 0 spiro atoms.